The van der Waals surface area contributed by atoms with Gasteiger partial charge in [-0.25, -0.2) is 14.4 Å². The molecular formula is C13H16FN5S. The van der Waals surface area contributed by atoms with Crippen molar-refractivity contribution in [2.75, 3.05) is 18.5 Å². The van der Waals surface area contributed by atoms with Crippen molar-refractivity contribution in [2.45, 2.75) is 23.0 Å². The summed E-state index contributed by atoms with van der Waals surface area (Å²) in [5, 5.41) is 3.39. The smallest absolute Gasteiger partial charge is 0.196 e. The van der Waals surface area contributed by atoms with Crippen LogP contribution >= 0.6 is 11.8 Å². The highest BCUT2D eigenvalue weighted by Gasteiger charge is 2.11. The number of hydrogen-bond donors (Lipinski definition) is 3. The summed E-state index contributed by atoms with van der Waals surface area (Å²) in [7, 11) is 1.83. The fraction of sp³-hybridized carbons (Fsp3) is 0.231. The number of anilines is 2. The zero-order valence-corrected chi connectivity index (χ0v) is 12.0. The van der Waals surface area contributed by atoms with Gasteiger partial charge in [-0.15, -0.1) is 0 Å². The zero-order valence-electron chi connectivity index (χ0n) is 11.2. The minimum Gasteiger partial charge on any atom is -0.383 e. The quantitative estimate of drug-likeness (QED) is 0.749. The molecule has 1 atom stereocenters. The number of halogens is 1. The number of hydrogen-bond acceptors (Lipinski definition) is 6. The Kier molecular flexibility index (Phi) is 4.41. The van der Waals surface area contributed by atoms with Crippen molar-refractivity contribution in [2.24, 2.45) is 0 Å². The van der Waals surface area contributed by atoms with E-state index in [-0.39, 0.29) is 23.5 Å². The van der Waals surface area contributed by atoms with Gasteiger partial charge in [-0.3, -0.25) is 0 Å². The van der Waals surface area contributed by atoms with E-state index < -0.39 is 0 Å². The van der Waals surface area contributed by atoms with Gasteiger partial charge in [0.1, 0.15) is 17.5 Å². The number of nitrogens with one attached hydrogen (secondary N) is 1. The summed E-state index contributed by atoms with van der Waals surface area (Å²) in [5.74, 6) is 0.209. The van der Waals surface area contributed by atoms with Gasteiger partial charge in [-0.2, -0.15) is 0 Å². The van der Waals surface area contributed by atoms with Crippen molar-refractivity contribution in [3.8, 4) is 0 Å². The Hall–Kier alpha value is -1.86. The van der Waals surface area contributed by atoms with Crippen molar-refractivity contribution in [1.82, 2.24) is 15.3 Å². The molecule has 5 N–H and O–H groups in total. The summed E-state index contributed by atoms with van der Waals surface area (Å²) < 4.78 is 14.1. The van der Waals surface area contributed by atoms with Crippen LogP contribution in [0.1, 0.15) is 18.5 Å². The van der Waals surface area contributed by atoms with E-state index in [2.05, 4.69) is 15.3 Å². The molecule has 1 aromatic heterocycles. The van der Waals surface area contributed by atoms with Crippen LogP contribution in [0.15, 0.2) is 34.3 Å². The fourth-order valence-electron chi connectivity index (χ4n) is 1.64. The van der Waals surface area contributed by atoms with E-state index in [0.29, 0.717) is 10.1 Å². The molecule has 0 radical (unpaired) electrons. The van der Waals surface area contributed by atoms with E-state index in [0.717, 1.165) is 17.3 Å². The number of nitrogen functional groups attached to an aromatic ring is 2. The van der Waals surface area contributed by atoms with Gasteiger partial charge in [0.15, 0.2) is 5.16 Å². The summed E-state index contributed by atoms with van der Waals surface area (Å²) in [4.78, 5) is 8.46. The molecule has 5 nitrogen and oxygen atoms in total. The maximum absolute atomic E-state index is 14.1. The monoisotopic (exact) mass is 293 g/mol. The minimum atomic E-state index is -0.320. The molecule has 0 aliphatic heterocycles. The van der Waals surface area contributed by atoms with Gasteiger partial charge in [0.05, 0.1) is 4.90 Å². The summed E-state index contributed by atoms with van der Waals surface area (Å²) in [6.07, 6.45) is 0. The third-order valence-corrected chi connectivity index (χ3v) is 3.75. The third kappa shape index (κ3) is 3.37. The summed E-state index contributed by atoms with van der Waals surface area (Å²) in [5.41, 5.74) is 12.1. The van der Waals surface area contributed by atoms with Gasteiger partial charge in [0.2, 0.25) is 0 Å². The highest BCUT2D eigenvalue weighted by atomic mass is 32.2. The molecule has 0 fully saturated rings. The van der Waals surface area contributed by atoms with Crippen LogP contribution in [0.2, 0.25) is 0 Å². The molecule has 2 rings (SSSR count). The first-order valence-electron chi connectivity index (χ1n) is 6.04. The van der Waals surface area contributed by atoms with Crippen molar-refractivity contribution >= 4 is 23.4 Å². The average Bonchev–Trinajstić information content (AvgIpc) is 2.39. The Morgan fingerprint density at radius 2 is 1.85 bits per heavy atom. The number of nitrogens with two attached hydrogens (primary N) is 2. The molecule has 0 spiro atoms. The lowest BCUT2D eigenvalue weighted by Crippen LogP contribution is -2.12. The Bertz CT molecular complexity index is 599. The van der Waals surface area contributed by atoms with Crippen LogP contribution in [0.3, 0.4) is 0 Å². The summed E-state index contributed by atoms with van der Waals surface area (Å²) in [6.45, 7) is 1.96. The largest absolute Gasteiger partial charge is 0.383 e. The number of rotatable bonds is 4. The SMILES string of the molecule is CNC(C)c1ccc(Sc2nc(N)cc(N)n2)c(F)c1. The van der Waals surface area contributed by atoms with E-state index in [4.69, 9.17) is 11.5 Å². The molecule has 2 aromatic rings. The fourth-order valence-corrected chi connectivity index (χ4v) is 2.43. The second-order valence-electron chi connectivity index (χ2n) is 4.30. The molecule has 0 aliphatic carbocycles. The first kappa shape index (κ1) is 14.5. The Labute approximate surface area is 121 Å². The first-order chi connectivity index (χ1) is 9.49. The van der Waals surface area contributed by atoms with Gasteiger partial charge in [-0.05, 0) is 43.4 Å². The van der Waals surface area contributed by atoms with Crippen LogP contribution in [0.25, 0.3) is 0 Å². The predicted octanol–water partition coefficient (Wildman–Crippen LogP) is 2.21. The molecule has 1 heterocycles. The van der Waals surface area contributed by atoms with Gasteiger partial charge >= 0.3 is 0 Å². The second-order valence-corrected chi connectivity index (χ2v) is 5.31. The molecule has 0 saturated carbocycles. The maximum Gasteiger partial charge on any atom is 0.196 e. The molecule has 0 aliphatic rings. The van der Waals surface area contributed by atoms with E-state index >= 15 is 0 Å². The zero-order chi connectivity index (χ0) is 14.7. The van der Waals surface area contributed by atoms with Gasteiger partial charge in [-0.1, -0.05) is 6.07 Å². The van der Waals surface area contributed by atoms with Crippen LogP contribution in [0.4, 0.5) is 16.0 Å². The van der Waals surface area contributed by atoms with Crippen LogP contribution in [0, 0.1) is 5.82 Å². The molecule has 0 bridgehead atoms. The van der Waals surface area contributed by atoms with E-state index in [1.807, 2.05) is 20.0 Å². The van der Waals surface area contributed by atoms with Crippen molar-refractivity contribution in [3.63, 3.8) is 0 Å². The lowest BCUT2D eigenvalue weighted by atomic mass is 10.1. The molecule has 0 saturated heterocycles. The van der Waals surface area contributed by atoms with Gasteiger partial charge < -0.3 is 16.8 Å². The Morgan fingerprint density at radius 3 is 2.40 bits per heavy atom. The molecule has 0 amide bonds. The number of aromatic nitrogens is 2. The standard InChI is InChI=1S/C13H16FN5S/c1-7(17-2)8-3-4-10(9(14)5-8)20-13-18-11(15)6-12(16)19-13/h3-7,17H,1-2H3,(H4,15,16,18,19). The van der Waals surface area contributed by atoms with E-state index in [1.54, 1.807) is 6.07 Å². The lowest BCUT2D eigenvalue weighted by molar-refractivity contribution is 0.587. The predicted molar refractivity (Wildman–Crippen MR) is 78.9 cm³/mol. The van der Waals surface area contributed by atoms with Gasteiger partial charge in [0.25, 0.3) is 0 Å². The van der Waals surface area contributed by atoms with Crippen LogP contribution < -0.4 is 16.8 Å². The normalized spacial score (nSPS) is 12.3. The Morgan fingerprint density at radius 1 is 1.20 bits per heavy atom. The van der Waals surface area contributed by atoms with E-state index in [9.17, 15) is 4.39 Å². The van der Waals surface area contributed by atoms with E-state index in [1.165, 1.54) is 12.1 Å². The van der Waals surface area contributed by atoms with Crippen LogP contribution in [-0.2, 0) is 0 Å². The van der Waals surface area contributed by atoms with Gasteiger partial charge in [0, 0.05) is 12.1 Å². The Balaban J connectivity index is 2.25. The number of benzene rings is 1. The maximum atomic E-state index is 14.1. The topological polar surface area (TPSA) is 89.8 Å². The molecule has 106 valence electrons. The second kappa shape index (κ2) is 6.06. The highest BCUT2D eigenvalue weighted by Crippen LogP contribution is 2.29. The van der Waals surface area contributed by atoms with Crippen LogP contribution in [-0.4, -0.2) is 17.0 Å². The third-order valence-electron chi connectivity index (χ3n) is 2.84. The molecule has 7 heteroatoms. The summed E-state index contributed by atoms with van der Waals surface area (Å²) in [6, 6.07) is 6.61. The van der Waals surface area contributed by atoms with Crippen molar-refractivity contribution in [1.29, 1.82) is 0 Å². The molecule has 1 aromatic carbocycles. The lowest BCUT2D eigenvalue weighted by Gasteiger charge is -2.11. The van der Waals surface area contributed by atoms with Crippen LogP contribution in [0.5, 0.6) is 0 Å². The highest BCUT2D eigenvalue weighted by molar-refractivity contribution is 7.99. The first-order valence-corrected chi connectivity index (χ1v) is 6.86. The minimum absolute atomic E-state index is 0.0859. The molecular weight excluding hydrogens is 277 g/mol. The van der Waals surface area contributed by atoms with Crippen molar-refractivity contribution < 1.29 is 4.39 Å². The molecule has 20 heavy (non-hydrogen) atoms. The molecule has 1 unspecified atom stereocenters. The van der Waals surface area contributed by atoms with Crippen molar-refractivity contribution in [3.05, 3.63) is 35.6 Å². The number of nitrogens with zero attached hydrogens (tertiary/aromatic N) is 2. The average molecular weight is 293 g/mol. The summed E-state index contributed by atoms with van der Waals surface area (Å²) >= 11 is 1.09.